The first-order valence-corrected chi connectivity index (χ1v) is 8.20. The number of esters is 2. The molecule has 0 atom stereocenters. The van der Waals surface area contributed by atoms with Gasteiger partial charge in [-0.2, -0.15) is 0 Å². The number of carbonyl (C=O) groups excluding carboxylic acids is 3. The van der Waals surface area contributed by atoms with Crippen molar-refractivity contribution in [3.63, 3.8) is 0 Å². The summed E-state index contributed by atoms with van der Waals surface area (Å²) in [6, 6.07) is 5.59. The maximum atomic E-state index is 12.8. The number of aromatic amines is 1. The SMILES string of the molecule is CCOC(=O)c1[nH]c(=O)c(C(=O)OCC)cc1C(=O)c1ccc([N+](=O)[O-])cc1. The number of hydrogen-bond donors (Lipinski definition) is 1. The van der Waals surface area contributed by atoms with Crippen LogP contribution in [-0.2, 0) is 9.47 Å². The second kappa shape index (κ2) is 8.71. The van der Waals surface area contributed by atoms with Crippen LogP contribution in [0.5, 0.6) is 0 Å². The van der Waals surface area contributed by atoms with Crippen LogP contribution in [0.2, 0.25) is 0 Å². The third-order valence-corrected chi connectivity index (χ3v) is 3.60. The molecule has 1 aromatic heterocycles. The summed E-state index contributed by atoms with van der Waals surface area (Å²) in [7, 11) is 0. The number of hydrogen-bond acceptors (Lipinski definition) is 8. The Bertz CT molecular complexity index is 992. The number of ketones is 1. The van der Waals surface area contributed by atoms with E-state index in [4.69, 9.17) is 9.47 Å². The Hall–Kier alpha value is -3.82. The zero-order chi connectivity index (χ0) is 20.8. The van der Waals surface area contributed by atoms with Crippen LogP contribution in [0.3, 0.4) is 0 Å². The Morgan fingerprint density at radius 3 is 2.11 bits per heavy atom. The highest BCUT2D eigenvalue weighted by Gasteiger charge is 2.25. The molecule has 1 aromatic carbocycles. The van der Waals surface area contributed by atoms with E-state index in [1.807, 2.05) is 0 Å². The minimum Gasteiger partial charge on any atom is -0.462 e. The molecule has 10 heteroatoms. The highest BCUT2D eigenvalue weighted by molar-refractivity contribution is 6.14. The fourth-order valence-electron chi connectivity index (χ4n) is 2.32. The Kier molecular flexibility index (Phi) is 6.38. The van der Waals surface area contributed by atoms with Crippen LogP contribution in [0.4, 0.5) is 5.69 Å². The number of H-pyrrole nitrogens is 1. The van der Waals surface area contributed by atoms with Crippen LogP contribution < -0.4 is 5.56 Å². The van der Waals surface area contributed by atoms with Crippen molar-refractivity contribution < 1.29 is 28.8 Å². The lowest BCUT2D eigenvalue weighted by Gasteiger charge is -2.10. The number of rotatable bonds is 7. The molecule has 1 N–H and O–H groups in total. The molecule has 0 amide bonds. The standard InChI is InChI=1S/C18H16N2O8/c1-3-27-17(23)13-9-12(14(19-16(13)22)18(24)28-4-2)15(21)10-5-7-11(8-6-10)20(25)26/h5-9H,3-4H2,1-2H3,(H,19,22). The summed E-state index contributed by atoms with van der Waals surface area (Å²) < 4.78 is 9.62. The molecule has 10 nitrogen and oxygen atoms in total. The number of nitro groups is 1. The normalized spacial score (nSPS) is 10.2. The van der Waals surface area contributed by atoms with Crippen molar-refractivity contribution in [1.82, 2.24) is 4.98 Å². The lowest BCUT2D eigenvalue weighted by atomic mass is 10.00. The molecule has 0 fully saturated rings. The van der Waals surface area contributed by atoms with Crippen LogP contribution in [0.15, 0.2) is 35.1 Å². The van der Waals surface area contributed by atoms with Crippen LogP contribution in [0.25, 0.3) is 0 Å². The number of nitrogens with one attached hydrogen (secondary N) is 1. The third kappa shape index (κ3) is 4.29. The van der Waals surface area contributed by atoms with Crippen molar-refractivity contribution in [3.05, 3.63) is 73.2 Å². The highest BCUT2D eigenvalue weighted by Crippen LogP contribution is 2.18. The number of ether oxygens (including phenoxy) is 2. The van der Waals surface area contributed by atoms with E-state index >= 15 is 0 Å². The predicted octanol–water partition coefficient (Wildman–Crippen LogP) is 1.87. The fourth-order valence-corrected chi connectivity index (χ4v) is 2.32. The van der Waals surface area contributed by atoms with Gasteiger partial charge in [-0.25, -0.2) is 9.59 Å². The van der Waals surface area contributed by atoms with Crippen LogP contribution >= 0.6 is 0 Å². The molecule has 0 saturated heterocycles. The van der Waals surface area contributed by atoms with Gasteiger partial charge in [-0.1, -0.05) is 0 Å². The largest absolute Gasteiger partial charge is 0.462 e. The summed E-state index contributed by atoms with van der Waals surface area (Å²) in [5.41, 5.74) is -2.31. The Morgan fingerprint density at radius 2 is 1.57 bits per heavy atom. The first kappa shape index (κ1) is 20.5. The minimum absolute atomic E-state index is 0.00351. The van der Waals surface area contributed by atoms with E-state index in [0.29, 0.717) is 0 Å². The molecule has 0 aliphatic heterocycles. The van der Waals surface area contributed by atoms with Gasteiger partial charge in [-0.15, -0.1) is 0 Å². The van der Waals surface area contributed by atoms with E-state index in [9.17, 15) is 29.3 Å². The van der Waals surface area contributed by atoms with Gasteiger partial charge in [0.2, 0.25) is 0 Å². The zero-order valence-electron chi connectivity index (χ0n) is 15.0. The number of carbonyl (C=O) groups is 3. The van der Waals surface area contributed by atoms with Crippen molar-refractivity contribution in [1.29, 1.82) is 0 Å². The lowest BCUT2D eigenvalue weighted by molar-refractivity contribution is -0.384. The monoisotopic (exact) mass is 388 g/mol. The van der Waals surface area contributed by atoms with Gasteiger partial charge in [-0.05, 0) is 32.0 Å². The van der Waals surface area contributed by atoms with Crippen molar-refractivity contribution in [2.75, 3.05) is 13.2 Å². The quantitative estimate of drug-likeness (QED) is 0.327. The summed E-state index contributed by atoms with van der Waals surface area (Å²) in [5.74, 6) is -2.66. The molecule has 1 heterocycles. The van der Waals surface area contributed by atoms with Gasteiger partial charge in [0.15, 0.2) is 5.78 Å². The Labute approximate surface area is 158 Å². The summed E-state index contributed by atoms with van der Waals surface area (Å²) in [6.45, 7) is 3.08. The summed E-state index contributed by atoms with van der Waals surface area (Å²) in [5, 5.41) is 10.8. The van der Waals surface area contributed by atoms with E-state index in [2.05, 4.69) is 4.98 Å². The molecular weight excluding hydrogens is 372 g/mol. The number of nitrogens with zero attached hydrogens (tertiary/aromatic N) is 1. The molecule has 0 aliphatic carbocycles. The summed E-state index contributed by atoms with van der Waals surface area (Å²) >= 11 is 0. The summed E-state index contributed by atoms with van der Waals surface area (Å²) in [4.78, 5) is 61.4. The topological polar surface area (TPSA) is 146 Å². The number of non-ortho nitro benzene ring substituents is 1. The van der Waals surface area contributed by atoms with E-state index in [1.165, 1.54) is 12.1 Å². The van der Waals surface area contributed by atoms with Crippen molar-refractivity contribution >= 4 is 23.4 Å². The second-order valence-electron chi connectivity index (χ2n) is 5.37. The van der Waals surface area contributed by atoms with E-state index < -0.39 is 39.5 Å². The molecule has 0 spiro atoms. The fraction of sp³-hybridized carbons (Fsp3) is 0.222. The van der Waals surface area contributed by atoms with Crippen molar-refractivity contribution in [3.8, 4) is 0 Å². The molecule has 28 heavy (non-hydrogen) atoms. The van der Waals surface area contributed by atoms with Gasteiger partial charge in [0.1, 0.15) is 11.3 Å². The van der Waals surface area contributed by atoms with Crippen LogP contribution in [0.1, 0.15) is 50.6 Å². The highest BCUT2D eigenvalue weighted by atomic mass is 16.6. The number of aromatic nitrogens is 1. The average Bonchev–Trinajstić information content (AvgIpc) is 2.67. The molecule has 2 aromatic rings. The van der Waals surface area contributed by atoms with Gasteiger partial charge < -0.3 is 14.5 Å². The molecular formula is C18H16N2O8. The third-order valence-electron chi connectivity index (χ3n) is 3.60. The van der Waals surface area contributed by atoms with Gasteiger partial charge in [0.05, 0.1) is 23.7 Å². The Morgan fingerprint density at radius 1 is 1.00 bits per heavy atom. The molecule has 0 unspecified atom stereocenters. The zero-order valence-corrected chi connectivity index (χ0v) is 15.0. The first-order chi connectivity index (χ1) is 13.3. The van der Waals surface area contributed by atoms with Crippen LogP contribution in [-0.4, -0.2) is 40.8 Å². The number of nitro benzene ring substituents is 1. The molecule has 0 aliphatic rings. The number of benzene rings is 1. The molecule has 0 bridgehead atoms. The van der Waals surface area contributed by atoms with Gasteiger partial charge >= 0.3 is 11.9 Å². The Balaban J connectivity index is 2.60. The first-order valence-electron chi connectivity index (χ1n) is 8.20. The van der Waals surface area contributed by atoms with Gasteiger partial charge in [0.25, 0.3) is 11.2 Å². The lowest BCUT2D eigenvalue weighted by Crippen LogP contribution is -2.26. The molecule has 146 valence electrons. The van der Waals surface area contributed by atoms with Gasteiger partial charge in [0, 0.05) is 17.7 Å². The van der Waals surface area contributed by atoms with E-state index in [-0.39, 0.29) is 30.0 Å². The maximum absolute atomic E-state index is 12.8. The minimum atomic E-state index is -0.961. The van der Waals surface area contributed by atoms with E-state index in [0.717, 1.165) is 18.2 Å². The molecule has 0 saturated carbocycles. The molecule has 0 radical (unpaired) electrons. The smallest absolute Gasteiger partial charge is 0.355 e. The van der Waals surface area contributed by atoms with E-state index in [1.54, 1.807) is 13.8 Å². The summed E-state index contributed by atoms with van der Waals surface area (Å²) in [6.07, 6.45) is 0. The van der Waals surface area contributed by atoms with Crippen LogP contribution in [0, 0.1) is 10.1 Å². The predicted molar refractivity (Wildman–Crippen MR) is 95.5 cm³/mol. The molecule has 2 rings (SSSR count). The number of pyridine rings is 1. The van der Waals surface area contributed by atoms with Crippen molar-refractivity contribution in [2.24, 2.45) is 0 Å². The van der Waals surface area contributed by atoms with Gasteiger partial charge in [-0.3, -0.25) is 19.7 Å². The average molecular weight is 388 g/mol. The maximum Gasteiger partial charge on any atom is 0.355 e. The van der Waals surface area contributed by atoms with Crippen molar-refractivity contribution in [2.45, 2.75) is 13.8 Å². The second-order valence-corrected chi connectivity index (χ2v) is 5.37.